The molecule has 1 atom stereocenters. The van der Waals surface area contributed by atoms with Gasteiger partial charge in [-0.05, 0) is 31.9 Å². The van der Waals surface area contributed by atoms with Gasteiger partial charge < -0.3 is 20.2 Å². The molecule has 0 aliphatic carbocycles. The van der Waals surface area contributed by atoms with Crippen LogP contribution in [0.5, 0.6) is 0 Å². The SMILES string of the molecule is Cc1ccc(C(C)(O)CNC(=O)Nc2cnn(CC(C)C)c2)o1. The van der Waals surface area contributed by atoms with Gasteiger partial charge in [-0.1, -0.05) is 13.8 Å². The Morgan fingerprint density at radius 2 is 2.22 bits per heavy atom. The first-order valence-electron chi connectivity index (χ1n) is 7.63. The topological polar surface area (TPSA) is 92.3 Å². The molecular weight excluding hydrogens is 296 g/mol. The molecule has 0 fully saturated rings. The predicted molar refractivity (Wildman–Crippen MR) is 87.1 cm³/mol. The first-order valence-corrected chi connectivity index (χ1v) is 7.63. The molecule has 2 aromatic heterocycles. The minimum Gasteiger partial charge on any atom is -0.463 e. The van der Waals surface area contributed by atoms with Crippen LogP contribution in [0.15, 0.2) is 28.9 Å². The highest BCUT2D eigenvalue weighted by atomic mass is 16.4. The molecule has 3 N–H and O–H groups in total. The predicted octanol–water partition coefficient (Wildman–Crippen LogP) is 2.47. The highest BCUT2D eigenvalue weighted by Crippen LogP contribution is 2.21. The van der Waals surface area contributed by atoms with Crippen molar-refractivity contribution in [3.8, 4) is 0 Å². The van der Waals surface area contributed by atoms with Gasteiger partial charge in [0.05, 0.1) is 18.4 Å². The summed E-state index contributed by atoms with van der Waals surface area (Å²) in [7, 11) is 0. The summed E-state index contributed by atoms with van der Waals surface area (Å²) in [4.78, 5) is 11.9. The maximum absolute atomic E-state index is 11.9. The Labute approximate surface area is 135 Å². The largest absolute Gasteiger partial charge is 0.463 e. The zero-order chi connectivity index (χ0) is 17.0. The van der Waals surface area contributed by atoms with Gasteiger partial charge in [0.15, 0.2) is 0 Å². The molecule has 2 amide bonds. The number of hydrogen-bond donors (Lipinski definition) is 3. The number of aliphatic hydroxyl groups is 1. The molecule has 2 heterocycles. The summed E-state index contributed by atoms with van der Waals surface area (Å²) in [5.41, 5.74) is -0.662. The Kier molecular flexibility index (Phi) is 5.10. The highest BCUT2D eigenvalue weighted by Gasteiger charge is 2.27. The molecular formula is C16H24N4O3. The van der Waals surface area contributed by atoms with Crippen LogP contribution in [0.1, 0.15) is 32.3 Å². The molecule has 126 valence electrons. The molecule has 2 rings (SSSR count). The van der Waals surface area contributed by atoms with E-state index in [0.717, 1.165) is 6.54 Å². The molecule has 0 saturated carbocycles. The zero-order valence-electron chi connectivity index (χ0n) is 14.0. The lowest BCUT2D eigenvalue weighted by Gasteiger charge is -2.21. The summed E-state index contributed by atoms with van der Waals surface area (Å²) in [6.45, 7) is 8.41. The lowest BCUT2D eigenvalue weighted by Crippen LogP contribution is -2.40. The van der Waals surface area contributed by atoms with Crippen LogP contribution in [0.4, 0.5) is 10.5 Å². The van der Waals surface area contributed by atoms with E-state index in [2.05, 4.69) is 29.6 Å². The first-order chi connectivity index (χ1) is 10.8. The number of carbonyl (C=O) groups is 1. The molecule has 23 heavy (non-hydrogen) atoms. The van der Waals surface area contributed by atoms with Crippen LogP contribution in [-0.4, -0.2) is 27.5 Å². The summed E-state index contributed by atoms with van der Waals surface area (Å²) in [6.07, 6.45) is 3.36. The van der Waals surface area contributed by atoms with E-state index in [1.54, 1.807) is 43.1 Å². The molecule has 1 unspecified atom stereocenters. The zero-order valence-corrected chi connectivity index (χ0v) is 14.0. The van der Waals surface area contributed by atoms with Crippen molar-refractivity contribution < 1.29 is 14.3 Å². The van der Waals surface area contributed by atoms with Gasteiger partial charge in [0, 0.05) is 12.7 Å². The summed E-state index contributed by atoms with van der Waals surface area (Å²) in [6, 6.07) is 3.07. The van der Waals surface area contributed by atoms with Crippen LogP contribution in [0.25, 0.3) is 0 Å². The maximum Gasteiger partial charge on any atom is 0.319 e. The highest BCUT2D eigenvalue weighted by molar-refractivity contribution is 5.88. The number of anilines is 1. The number of urea groups is 1. The number of amides is 2. The van der Waals surface area contributed by atoms with Crippen LogP contribution in [-0.2, 0) is 12.1 Å². The van der Waals surface area contributed by atoms with Crippen molar-refractivity contribution in [2.45, 2.75) is 39.8 Å². The molecule has 0 saturated heterocycles. The Morgan fingerprint density at radius 1 is 1.48 bits per heavy atom. The van der Waals surface area contributed by atoms with Crippen LogP contribution in [0.3, 0.4) is 0 Å². The van der Waals surface area contributed by atoms with Gasteiger partial charge in [-0.25, -0.2) is 4.79 Å². The summed E-state index contributed by atoms with van der Waals surface area (Å²) >= 11 is 0. The van der Waals surface area contributed by atoms with E-state index in [1.165, 1.54) is 0 Å². The number of aromatic nitrogens is 2. The maximum atomic E-state index is 11.9. The number of carbonyl (C=O) groups excluding carboxylic acids is 1. The normalized spacial score (nSPS) is 13.8. The van der Waals surface area contributed by atoms with Gasteiger partial charge in [0.1, 0.15) is 17.1 Å². The number of aryl methyl sites for hydroxylation is 1. The summed E-state index contributed by atoms with van der Waals surface area (Å²) in [5, 5.41) is 19.9. The Balaban J connectivity index is 1.86. The van der Waals surface area contributed by atoms with E-state index in [1.807, 2.05) is 0 Å². The number of hydrogen-bond acceptors (Lipinski definition) is 4. The van der Waals surface area contributed by atoms with Crippen LogP contribution in [0, 0.1) is 12.8 Å². The second-order valence-corrected chi connectivity index (χ2v) is 6.34. The van der Waals surface area contributed by atoms with Crippen molar-refractivity contribution in [3.63, 3.8) is 0 Å². The van der Waals surface area contributed by atoms with Crippen molar-refractivity contribution in [3.05, 3.63) is 36.0 Å². The van der Waals surface area contributed by atoms with Crippen LogP contribution in [0.2, 0.25) is 0 Å². The number of rotatable bonds is 6. The summed E-state index contributed by atoms with van der Waals surface area (Å²) in [5.74, 6) is 1.60. The number of nitrogens with one attached hydrogen (secondary N) is 2. The van der Waals surface area contributed by atoms with E-state index < -0.39 is 11.6 Å². The monoisotopic (exact) mass is 320 g/mol. The number of furan rings is 1. The van der Waals surface area contributed by atoms with Crippen LogP contribution < -0.4 is 10.6 Å². The van der Waals surface area contributed by atoms with Gasteiger partial charge in [-0.15, -0.1) is 0 Å². The standard InChI is InChI=1S/C16H24N4O3/c1-11(2)8-20-9-13(7-18-20)19-15(21)17-10-16(4,22)14-6-5-12(3)23-14/h5-7,9,11,22H,8,10H2,1-4H3,(H2,17,19,21). The fraction of sp³-hybridized carbons (Fsp3) is 0.500. The van der Waals surface area contributed by atoms with Crippen molar-refractivity contribution in [2.24, 2.45) is 5.92 Å². The molecule has 0 radical (unpaired) electrons. The lowest BCUT2D eigenvalue weighted by atomic mass is 10.0. The average molecular weight is 320 g/mol. The van der Waals surface area contributed by atoms with E-state index in [9.17, 15) is 9.90 Å². The van der Waals surface area contributed by atoms with Crippen LogP contribution >= 0.6 is 0 Å². The van der Waals surface area contributed by atoms with E-state index in [4.69, 9.17) is 4.42 Å². The first kappa shape index (κ1) is 17.1. The van der Waals surface area contributed by atoms with E-state index in [-0.39, 0.29) is 6.54 Å². The van der Waals surface area contributed by atoms with E-state index >= 15 is 0 Å². The second kappa shape index (κ2) is 6.87. The van der Waals surface area contributed by atoms with Gasteiger partial charge in [-0.2, -0.15) is 5.10 Å². The van der Waals surface area contributed by atoms with Gasteiger partial charge in [0.2, 0.25) is 0 Å². The quantitative estimate of drug-likeness (QED) is 0.762. The Bertz CT molecular complexity index is 658. The fourth-order valence-corrected chi connectivity index (χ4v) is 2.14. The average Bonchev–Trinajstić information content (AvgIpc) is 3.06. The molecule has 0 aromatic carbocycles. The smallest absolute Gasteiger partial charge is 0.319 e. The van der Waals surface area contributed by atoms with Crippen molar-refractivity contribution in [2.75, 3.05) is 11.9 Å². The van der Waals surface area contributed by atoms with Gasteiger partial charge >= 0.3 is 6.03 Å². The lowest BCUT2D eigenvalue weighted by molar-refractivity contribution is 0.0364. The van der Waals surface area contributed by atoms with Gasteiger partial charge in [-0.3, -0.25) is 4.68 Å². The van der Waals surface area contributed by atoms with E-state index in [0.29, 0.717) is 23.1 Å². The molecule has 0 aliphatic heterocycles. The van der Waals surface area contributed by atoms with Crippen molar-refractivity contribution in [1.29, 1.82) is 0 Å². The number of nitrogens with zero attached hydrogens (tertiary/aromatic N) is 2. The minimum absolute atomic E-state index is 0.0336. The third-order valence-corrected chi connectivity index (χ3v) is 3.31. The van der Waals surface area contributed by atoms with Gasteiger partial charge in [0.25, 0.3) is 0 Å². The third kappa shape index (κ3) is 4.85. The molecule has 0 bridgehead atoms. The summed E-state index contributed by atoms with van der Waals surface area (Å²) < 4.78 is 7.18. The Hall–Kier alpha value is -2.28. The second-order valence-electron chi connectivity index (χ2n) is 6.34. The molecule has 7 heteroatoms. The Morgan fingerprint density at radius 3 is 2.83 bits per heavy atom. The van der Waals surface area contributed by atoms with Crippen molar-refractivity contribution >= 4 is 11.7 Å². The molecule has 2 aromatic rings. The third-order valence-electron chi connectivity index (χ3n) is 3.31. The molecule has 0 spiro atoms. The minimum atomic E-state index is -1.27. The molecule has 7 nitrogen and oxygen atoms in total. The van der Waals surface area contributed by atoms with Crippen molar-refractivity contribution in [1.82, 2.24) is 15.1 Å². The fourth-order valence-electron chi connectivity index (χ4n) is 2.14. The molecule has 0 aliphatic rings.